The van der Waals surface area contributed by atoms with Crippen molar-refractivity contribution in [2.45, 2.75) is 29.2 Å². The number of aliphatic hydroxyl groups is 1. The van der Waals surface area contributed by atoms with E-state index in [2.05, 4.69) is 19.9 Å². The van der Waals surface area contributed by atoms with Gasteiger partial charge in [-0.05, 0) is 37.3 Å². The predicted octanol–water partition coefficient (Wildman–Crippen LogP) is 2.50. The molecule has 0 bridgehead atoms. The highest BCUT2D eigenvalue weighted by Crippen LogP contribution is 2.30. The highest BCUT2D eigenvalue weighted by atomic mass is 32.2. The van der Waals surface area contributed by atoms with Gasteiger partial charge in [-0.1, -0.05) is 0 Å². The molecule has 9 nitrogen and oxygen atoms in total. The average Bonchev–Trinajstić information content (AvgIpc) is 3.11. The summed E-state index contributed by atoms with van der Waals surface area (Å²) in [6.45, 7) is 1.41. The van der Waals surface area contributed by atoms with Crippen molar-refractivity contribution in [3.63, 3.8) is 0 Å². The summed E-state index contributed by atoms with van der Waals surface area (Å²) in [4.78, 5) is 3.35. The molecule has 1 aromatic carbocycles. The maximum atomic E-state index is 12.7. The van der Waals surface area contributed by atoms with Crippen LogP contribution in [-0.2, 0) is 9.84 Å². The molecular weight excluding hydrogens is 417 g/mol. The van der Waals surface area contributed by atoms with Gasteiger partial charge in [-0.15, -0.1) is 23.4 Å². The number of hydrogen-bond acceptors (Lipinski definition) is 9. The lowest BCUT2D eigenvalue weighted by atomic mass is 10.3. The van der Waals surface area contributed by atoms with Gasteiger partial charge in [0.1, 0.15) is 11.9 Å². The molecule has 2 aromatic heterocycles. The molecule has 0 radical (unpaired) electrons. The number of pyridine rings is 1. The maximum absolute atomic E-state index is 12.7. The molecule has 2 heterocycles. The normalized spacial score (nSPS) is 13.3. The van der Waals surface area contributed by atoms with Gasteiger partial charge in [-0.3, -0.25) is 0 Å². The number of rotatable bonds is 5. The molecule has 0 amide bonds. The summed E-state index contributed by atoms with van der Waals surface area (Å²) in [5.41, 5.74) is 5.76. The lowest BCUT2D eigenvalue weighted by Crippen LogP contribution is -2.17. The van der Waals surface area contributed by atoms with Gasteiger partial charge in [-0.2, -0.15) is 0 Å². The Hall–Kier alpha value is -3.19. The number of aliphatic hydroxyl groups excluding tert-OH is 1. The number of nitrogens with two attached hydrogens (primary N) is 1. The second kappa shape index (κ2) is 7.33. The van der Waals surface area contributed by atoms with E-state index in [0.29, 0.717) is 0 Å². The Morgan fingerprint density at radius 2 is 1.83 bits per heavy atom. The van der Waals surface area contributed by atoms with Gasteiger partial charge >= 0.3 is 6.36 Å². The molecule has 1 atom stereocenters. The first-order chi connectivity index (χ1) is 13.5. The molecule has 0 fully saturated rings. The minimum Gasteiger partial charge on any atom is -0.416 e. The fraction of sp³-hybridized carbons (Fsp3) is 0.188. The number of anilines is 1. The van der Waals surface area contributed by atoms with Gasteiger partial charge in [0.25, 0.3) is 5.89 Å². The number of nitrogen functional groups attached to an aromatic ring is 1. The van der Waals surface area contributed by atoms with Crippen molar-refractivity contribution in [3.8, 4) is 17.3 Å². The predicted molar refractivity (Wildman–Crippen MR) is 91.2 cm³/mol. The summed E-state index contributed by atoms with van der Waals surface area (Å²) < 4.78 is 70.9. The van der Waals surface area contributed by atoms with Crippen molar-refractivity contribution in [2.24, 2.45) is 0 Å². The van der Waals surface area contributed by atoms with Crippen molar-refractivity contribution in [1.82, 2.24) is 15.2 Å². The Morgan fingerprint density at radius 3 is 2.34 bits per heavy atom. The third kappa shape index (κ3) is 4.46. The average molecular weight is 430 g/mol. The van der Waals surface area contributed by atoms with Crippen LogP contribution in [0.5, 0.6) is 5.75 Å². The number of aromatic nitrogens is 3. The first-order valence-electron chi connectivity index (χ1n) is 7.85. The van der Waals surface area contributed by atoms with Crippen molar-refractivity contribution in [3.05, 3.63) is 42.4 Å². The van der Waals surface area contributed by atoms with Crippen molar-refractivity contribution in [1.29, 1.82) is 0 Å². The van der Waals surface area contributed by atoms with Crippen LogP contribution in [0.1, 0.15) is 18.9 Å². The fourth-order valence-corrected chi connectivity index (χ4v) is 3.48. The molecule has 154 valence electrons. The highest BCUT2D eigenvalue weighted by molar-refractivity contribution is 7.91. The molecular formula is C16H13F3N4O5S. The summed E-state index contributed by atoms with van der Waals surface area (Å²) in [7, 11) is -4.12. The zero-order valence-electron chi connectivity index (χ0n) is 14.6. The van der Waals surface area contributed by atoms with Crippen LogP contribution in [0.3, 0.4) is 0 Å². The van der Waals surface area contributed by atoms with Crippen LogP contribution in [0.25, 0.3) is 11.6 Å². The quantitative estimate of drug-likeness (QED) is 0.624. The second-order valence-electron chi connectivity index (χ2n) is 5.75. The lowest BCUT2D eigenvalue weighted by molar-refractivity contribution is -0.274. The largest absolute Gasteiger partial charge is 0.573 e. The molecule has 0 saturated carbocycles. The van der Waals surface area contributed by atoms with Gasteiger partial charge in [-0.25, -0.2) is 13.4 Å². The summed E-state index contributed by atoms with van der Waals surface area (Å²) in [6, 6.07) is 4.79. The van der Waals surface area contributed by atoms with Gasteiger partial charge in [0.2, 0.25) is 15.7 Å². The molecule has 0 aliphatic rings. The van der Waals surface area contributed by atoms with E-state index in [1.54, 1.807) is 0 Å². The molecule has 3 aromatic rings. The smallest absolute Gasteiger partial charge is 0.416 e. The monoisotopic (exact) mass is 430 g/mol. The Morgan fingerprint density at radius 1 is 1.17 bits per heavy atom. The number of nitrogens with zero attached hydrogens (tertiary/aromatic N) is 3. The number of ether oxygens (including phenoxy) is 1. The molecule has 3 N–H and O–H groups in total. The third-order valence-corrected chi connectivity index (χ3v) is 5.31. The van der Waals surface area contributed by atoms with E-state index in [1.807, 2.05) is 0 Å². The minimum absolute atomic E-state index is 0.0114. The molecule has 29 heavy (non-hydrogen) atoms. The van der Waals surface area contributed by atoms with E-state index in [4.69, 9.17) is 10.2 Å². The second-order valence-corrected chi connectivity index (χ2v) is 7.70. The topological polar surface area (TPSA) is 141 Å². The van der Waals surface area contributed by atoms with Crippen LogP contribution in [0.4, 0.5) is 18.9 Å². The van der Waals surface area contributed by atoms with E-state index in [9.17, 15) is 26.7 Å². The summed E-state index contributed by atoms with van der Waals surface area (Å²) in [6.07, 6.45) is -4.91. The third-order valence-electron chi connectivity index (χ3n) is 3.57. The first-order valence-corrected chi connectivity index (χ1v) is 9.34. The van der Waals surface area contributed by atoms with Crippen LogP contribution >= 0.6 is 0 Å². The van der Waals surface area contributed by atoms with Crippen LogP contribution < -0.4 is 10.5 Å². The number of sulfone groups is 1. The Kier molecular flexibility index (Phi) is 5.19. The van der Waals surface area contributed by atoms with Crippen molar-refractivity contribution in [2.75, 3.05) is 5.73 Å². The standard InChI is InChI=1S/C16H13F3N4O5S/c1-8(24)14-22-23-15(27-14)13-12(20)6-11(7-21-13)29(25,26)10-4-2-9(3-5-10)28-16(17,18)19/h2-8,24H,20H2,1H3/t8-/m0/s1. The lowest BCUT2D eigenvalue weighted by Gasteiger charge is -2.10. The summed E-state index contributed by atoms with van der Waals surface area (Å²) >= 11 is 0. The molecule has 0 aliphatic carbocycles. The summed E-state index contributed by atoms with van der Waals surface area (Å²) in [5, 5.41) is 16.7. The first kappa shape index (κ1) is 20.5. The molecule has 3 rings (SSSR count). The number of benzene rings is 1. The van der Waals surface area contributed by atoms with Crippen LogP contribution in [0, 0.1) is 0 Å². The fourth-order valence-electron chi connectivity index (χ4n) is 2.24. The van der Waals surface area contributed by atoms with E-state index in [0.717, 1.165) is 36.5 Å². The highest BCUT2D eigenvalue weighted by Gasteiger charge is 2.31. The van der Waals surface area contributed by atoms with Crippen molar-refractivity contribution >= 4 is 15.5 Å². The number of alkyl halides is 3. The van der Waals surface area contributed by atoms with Gasteiger partial charge < -0.3 is 20.0 Å². The Labute approximate surface area is 161 Å². The van der Waals surface area contributed by atoms with E-state index < -0.39 is 28.1 Å². The number of halogens is 3. The SMILES string of the molecule is C[C@H](O)c1nnc(-c2ncc(S(=O)(=O)c3ccc(OC(F)(F)F)cc3)cc2N)o1. The van der Waals surface area contributed by atoms with Crippen LogP contribution in [0.15, 0.2) is 50.7 Å². The van der Waals surface area contributed by atoms with Gasteiger partial charge in [0, 0.05) is 6.20 Å². The number of hydrogen-bond donors (Lipinski definition) is 2. The van der Waals surface area contributed by atoms with E-state index in [1.165, 1.54) is 6.92 Å². The molecule has 13 heteroatoms. The van der Waals surface area contributed by atoms with Crippen molar-refractivity contribution < 1.29 is 35.8 Å². The van der Waals surface area contributed by atoms with E-state index >= 15 is 0 Å². The molecule has 0 aliphatic heterocycles. The Balaban J connectivity index is 1.90. The minimum atomic E-state index is -4.89. The molecule has 0 unspecified atom stereocenters. The van der Waals surface area contributed by atoms with Gasteiger partial charge in [0.05, 0.1) is 15.5 Å². The van der Waals surface area contributed by atoms with Crippen LogP contribution in [0.2, 0.25) is 0 Å². The molecule has 0 spiro atoms. The van der Waals surface area contributed by atoms with Gasteiger partial charge in [0.15, 0.2) is 5.69 Å². The molecule has 0 saturated heterocycles. The van der Waals surface area contributed by atoms with E-state index in [-0.39, 0.29) is 33.0 Å². The van der Waals surface area contributed by atoms with Crippen LogP contribution in [-0.4, -0.2) is 35.1 Å². The summed E-state index contributed by atoms with van der Waals surface area (Å²) in [5.74, 6) is -0.746. The maximum Gasteiger partial charge on any atom is 0.573 e. The Bertz CT molecular complexity index is 1130. The zero-order valence-corrected chi connectivity index (χ0v) is 15.4. The zero-order chi connectivity index (χ0) is 21.4.